The lowest BCUT2D eigenvalue weighted by Gasteiger charge is -2.38. The predicted molar refractivity (Wildman–Crippen MR) is 87.7 cm³/mol. The zero-order valence-electron chi connectivity index (χ0n) is 13.1. The average molecular weight is 299 g/mol. The molecular formula is C19H25NO2. The number of carbonyl (C=O) groups is 1. The molecule has 118 valence electrons. The Hall–Kier alpha value is -1.61. The molecule has 1 aliphatic carbocycles. The molecule has 0 unspecified atom stereocenters. The van der Waals surface area contributed by atoms with E-state index >= 15 is 0 Å². The van der Waals surface area contributed by atoms with E-state index in [1.807, 2.05) is 6.07 Å². The van der Waals surface area contributed by atoms with Crippen LogP contribution in [0, 0.1) is 5.92 Å². The van der Waals surface area contributed by atoms with Crippen LogP contribution in [-0.4, -0.2) is 25.7 Å². The second-order valence-corrected chi connectivity index (χ2v) is 6.46. The van der Waals surface area contributed by atoms with E-state index in [9.17, 15) is 4.79 Å². The highest BCUT2D eigenvalue weighted by molar-refractivity contribution is 5.79. The molecule has 0 radical (unpaired) electrons. The lowest BCUT2D eigenvalue weighted by atomic mass is 9.74. The summed E-state index contributed by atoms with van der Waals surface area (Å²) in [5, 5.41) is 3.23. The van der Waals surface area contributed by atoms with Crippen molar-refractivity contribution in [3.8, 4) is 0 Å². The molecular weight excluding hydrogens is 274 g/mol. The third-order valence-corrected chi connectivity index (χ3v) is 5.08. The molecule has 1 amide bonds. The van der Waals surface area contributed by atoms with Crippen molar-refractivity contribution in [1.29, 1.82) is 0 Å². The van der Waals surface area contributed by atoms with Crippen LogP contribution in [0.1, 0.15) is 37.7 Å². The molecule has 22 heavy (non-hydrogen) atoms. The molecule has 1 N–H and O–H groups in total. The summed E-state index contributed by atoms with van der Waals surface area (Å²) in [4.78, 5) is 12.4. The van der Waals surface area contributed by atoms with Crippen LogP contribution in [0.4, 0.5) is 0 Å². The van der Waals surface area contributed by atoms with Gasteiger partial charge in [0.25, 0.3) is 0 Å². The summed E-state index contributed by atoms with van der Waals surface area (Å²) >= 11 is 0. The number of benzene rings is 1. The quantitative estimate of drug-likeness (QED) is 0.867. The zero-order valence-corrected chi connectivity index (χ0v) is 13.1. The van der Waals surface area contributed by atoms with Gasteiger partial charge in [0.15, 0.2) is 0 Å². The number of rotatable bonds is 4. The summed E-state index contributed by atoms with van der Waals surface area (Å²) < 4.78 is 5.55. The topological polar surface area (TPSA) is 38.3 Å². The van der Waals surface area contributed by atoms with Crippen molar-refractivity contribution in [2.75, 3.05) is 19.8 Å². The van der Waals surface area contributed by atoms with Crippen LogP contribution in [0.3, 0.4) is 0 Å². The van der Waals surface area contributed by atoms with E-state index in [1.54, 1.807) is 0 Å². The Morgan fingerprint density at radius 1 is 1.18 bits per heavy atom. The fourth-order valence-electron chi connectivity index (χ4n) is 3.55. The first kappa shape index (κ1) is 15.3. The van der Waals surface area contributed by atoms with Crippen LogP contribution in [0.5, 0.6) is 0 Å². The van der Waals surface area contributed by atoms with E-state index in [2.05, 4.69) is 41.7 Å². The highest BCUT2D eigenvalue weighted by atomic mass is 16.5. The third-order valence-electron chi connectivity index (χ3n) is 5.08. The zero-order chi connectivity index (χ0) is 15.3. The SMILES string of the molecule is O=C(NCC1(c2ccccc2)CCOCC1)[C@H]1CC=CCC1. The first-order valence-corrected chi connectivity index (χ1v) is 8.36. The van der Waals surface area contributed by atoms with E-state index in [0.29, 0.717) is 0 Å². The Morgan fingerprint density at radius 3 is 2.64 bits per heavy atom. The number of nitrogens with one attached hydrogen (secondary N) is 1. The summed E-state index contributed by atoms with van der Waals surface area (Å²) in [7, 11) is 0. The first-order chi connectivity index (χ1) is 10.8. The Balaban J connectivity index is 1.68. The van der Waals surface area contributed by atoms with Gasteiger partial charge < -0.3 is 10.1 Å². The van der Waals surface area contributed by atoms with Crippen molar-refractivity contribution in [2.24, 2.45) is 5.92 Å². The predicted octanol–water partition coefficient (Wildman–Crippen LogP) is 3.21. The number of hydrogen-bond donors (Lipinski definition) is 1. The first-order valence-electron chi connectivity index (χ1n) is 8.36. The fraction of sp³-hybridized carbons (Fsp3) is 0.526. The molecule has 3 nitrogen and oxygen atoms in total. The van der Waals surface area contributed by atoms with Gasteiger partial charge >= 0.3 is 0 Å². The minimum Gasteiger partial charge on any atom is -0.381 e. The van der Waals surface area contributed by atoms with Crippen LogP contribution < -0.4 is 5.32 Å². The third kappa shape index (κ3) is 3.41. The van der Waals surface area contributed by atoms with Crippen molar-refractivity contribution < 1.29 is 9.53 Å². The molecule has 3 heteroatoms. The number of amides is 1. The van der Waals surface area contributed by atoms with E-state index in [1.165, 1.54) is 5.56 Å². The van der Waals surface area contributed by atoms with Crippen LogP contribution in [0.15, 0.2) is 42.5 Å². The van der Waals surface area contributed by atoms with Gasteiger partial charge in [-0.3, -0.25) is 4.79 Å². The van der Waals surface area contributed by atoms with Gasteiger partial charge in [0.1, 0.15) is 0 Å². The molecule has 0 spiro atoms. The van der Waals surface area contributed by atoms with Gasteiger partial charge in [-0.25, -0.2) is 0 Å². The lowest BCUT2D eigenvalue weighted by molar-refractivity contribution is -0.125. The van der Waals surface area contributed by atoms with Crippen molar-refractivity contribution >= 4 is 5.91 Å². The summed E-state index contributed by atoms with van der Waals surface area (Å²) in [6.45, 7) is 2.27. The molecule has 0 saturated carbocycles. The molecule has 1 aliphatic heterocycles. The lowest BCUT2D eigenvalue weighted by Crippen LogP contribution is -2.46. The largest absolute Gasteiger partial charge is 0.381 e. The molecule has 0 aromatic heterocycles. The van der Waals surface area contributed by atoms with Gasteiger partial charge in [0, 0.05) is 31.1 Å². The van der Waals surface area contributed by atoms with Gasteiger partial charge in [-0.2, -0.15) is 0 Å². The maximum atomic E-state index is 12.4. The maximum absolute atomic E-state index is 12.4. The average Bonchev–Trinajstić information content (AvgIpc) is 2.62. The molecule has 3 rings (SSSR count). The number of allylic oxidation sites excluding steroid dienone is 2. The number of ether oxygens (including phenoxy) is 1. The second kappa shape index (κ2) is 7.10. The molecule has 1 fully saturated rings. The molecule has 1 saturated heterocycles. The minimum atomic E-state index is 0.0275. The molecule has 1 heterocycles. The standard InChI is InChI=1S/C19H25NO2/c21-18(16-7-3-1-4-8-16)20-15-19(11-13-22-14-12-19)17-9-5-2-6-10-17/h1-3,5-6,9-10,16H,4,7-8,11-15H2,(H,20,21)/t16-/m0/s1. The Bertz CT molecular complexity index is 517. The van der Waals surface area contributed by atoms with Crippen molar-refractivity contribution in [3.05, 3.63) is 48.0 Å². The number of hydrogen-bond acceptors (Lipinski definition) is 2. The van der Waals surface area contributed by atoms with Gasteiger partial charge in [-0.05, 0) is 37.7 Å². The van der Waals surface area contributed by atoms with E-state index in [0.717, 1.165) is 51.9 Å². The van der Waals surface area contributed by atoms with Gasteiger partial charge in [-0.15, -0.1) is 0 Å². The summed E-state index contributed by atoms with van der Waals surface area (Å²) in [6.07, 6.45) is 9.14. The Morgan fingerprint density at radius 2 is 1.95 bits per heavy atom. The van der Waals surface area contributed by atoms with Crippen molar-refractivity contribution in [3.63, 3.8) is 0 Å². The highest BCUT2D eigenvalue weighted by Crippen LogP contribution is 2.34. The van der Waals surface area contributed by atoms with Crippen LogP contribution in [0.2, 0.25) is 0 Å². The Kier molecular flexibility index (Phi) is 4.94. The van der Waals surface area contributed by atoms with Crippen molar-refractivity contribution in [2.45, 2.75) is 37.5 Å². The second-order valence-electron chi connectivity index (χ2n) is 6.46. The van der Waals surface area contributed by atoms with Crippen molar-refractivity contribution in [1.82, 2.24) is 5.32 Å². The monoisotopic (exact) mass is 299 g/mol. The highest BCUT2D eigenvalue weighted by Gasteiger charge is 2.35. The molecule has 1 atom stereocenters. The molecule has 1 aromatic carbocycles. The van der Waals surface area contributed by atoms with Gasteiger partial charge in [-0.1, -0.05) is 42.5 Å². The van der Waals surface area contributed by atoms with Crippen LogP contribution >= 0.6 is 0 Å². The normalized spacial score (nSPS) is 23.9. The Labute approximate surface area is 132 Å². The summed E-state index contributed by atoms with van der Waals surface area (Å²) in [5.74, 6) is 0.365. The van der Waals surface area contributed by atoms with E-state index < -0.39 is 0 Å². The van der Waals surface area contributed by atoms with E-state index in [4.69, 9.17) is 4.74 Å². The molecule has 2 aliphatic rings. The smallest absolute Gasteiger partial charge is 0.223 e. The van der Waals surface area contributed by atoms with Crippen LogP contribution in [-0.2, 0) is 14.9 Å². The van der Waals surface area contributed by atoms with Crippen LogP contribution in [0.25, 0.3) is 0 Å². The summed E-state index contributed by atoms with van der Waals surface area (Å²) in [6, 6.07) is 10.6. The van der Waals surface area contributed by atoms with Gasteiger partial charge in [0.05, 0.1) is 0 Å². The minimum absolute atomic E-state index is 0.0275. The molecule has 1 aromatic rings. The van der Waals surface area contributed by atoms with Gasteiger partial charge in [0.2, 0.25) is 5.91 Å². The summed E-state index contributed by atoms with van der Waals surface area (Å²) in [5.41, 5.74) is 1.35. The molecule has 0 bridgehead atoms. The van der Waals surface area contributed by atoms with E-state index in [-0.39, 0.29) is 17.2 Å². The fourth-order valence-corrected chi connectivity index (χ4v) is 3.55. The maximum Gasteiger partial charge on any atom is 0.223 e. The number of carbonyl (C=O) groups excluding carboxylic acids is 1.